The van der Waals surface area contributed by atoms with E-state index in [2.05, 4.69) is 10.1 Å². The zero-order valence-electron chi connectivity index (χ0n) is 18.2. The molecular weight excluding hydrogens is 403 g/mol. The van der Waals surface area contributed by atoms with Crippen molar-refractivity contribution in [2.45, 2.75) is 45.0 Å². The lowest BCUT2D eigenvalue weighted by Gasteiger charge is -2.28. The third-order valence-electron chi connectivity index (χ3n) is 4.79. The monoisotopic (exact) mass is 432 g/mol. The maximum Gasteiger partial charge on any atom is 0.410 e. The number of hydrogen-bond acceptors (Lipinski definition) is 7. The fourth-order valence-corrected chi connectivity index (χ4v) is 3.49. The summed E-state index contributed by atoms with van der Waals surface area (Å²) in [6.07, 6.45) is 1.52. The van der Waals surface area contributed by atoms with Crippen LogP contribution in [-0.4, -0.2) is 64.3 Å². The van der Waals surface area contributed by atoms with Crippen LogP contribution in [0.2, 0.25) is 0 Å². The van der Waals surface area contributed by atoms with Gasteiger partial charge in [0.1, 0.15) is 29.9 Å². The van der Waals surface area contributed by atoms with Crippen molar-refractivity contribution in [3.05, 3.63) is 41.9 Å². The molecular formula is C21H29FN6O3. The number of amides is 1. The Morgan fingerprint density at radius 3 is 2.81 bits per heavy atom. The second-order valence-electron chi connectivity index (χ2n) is 8.39. The Balaban J connectivity index is 1.73. The molecule has 2 aromatic rings. The smallest absolute Gasteiger partial charge is 0.410 e. The van der Waals surface area contributed by atoms with Crippen molar-refractivity contribution in [2.75, 3.05) is 25.9 Å². The summed E-state index contributed by atoms with van der Waals surface area (Å²) in [7, 11) is 1.62. The molecule has 0 unspecified atom stereocenters. The summed E-state index contributed by atoms with van der Waals surface area (Å²) in [5.74, 6) is 0.730. The van der Waals surface area contributed by atoms with Crippen LogP contribution in [0.15, 0.2) is 41.3 Å². The number of fused-ring (bicyclic) bond motifs is 1. The molecule has 1 aliphatic heterocycles. The molecule has 31 heavy (non-hydrogen) atoms. The maximum absolute atomic E-state index is 14.1. The SMILES string of the molecule is CN=C(/C(=C\N)OC[C@H]1C[C@@H](F)CN1C(=O)OC(C)(C)C)c1ccn2nc(N)cc2c1. The molecule has 1 saturated heterocycles. The third kappa shape index (κ3) is 5.25. The van der Waals surface area contributed by atoms with Crippen LogP contribution < -0.4 is 11.5 Å². The van der Waals surface area contributed by atoms with Gasteiger partial charge in [0.05, 0.1) is 18.1 Å². The van der Waals surface area contributed by atoms with E-state index < -0.39 is 23.9 Å². The van der Waals surface area contributed by atoms with Crippen molar-refractivity contribution >= 4 is 23.1 Å². The number of aromatic nitrogens is 2. The van der Waals surface area contributed by atoms with Crippen LogP contribution in [-0.2, 0) is 9.47 Å². The summed E-state index contributed by atoms with van der Waals surface area (Å²) in [6, 6.07) is 4.94. The molecule has 2 aromatic heterocycles. The van der Waals surface area contributed by atoms with Gasteiger partial charge in [-0.3, -0.25) is 9.89 Å². The Kier molecular flexibility index (Phi) is 6.37. The van der Waals surface area contributed by atoms with Crippen LogP contribution in [0.3, 0.4) is 0 Å². The number of carbonyl (C=O) groups is 1. The number of allylic oxidation sites excluding steroid dienone is 1. The molecule has 0 radical (unpaired) electrons. The number of nitrogens with two attached hydrogens (primary N) is 2. The van der Waals surface area contributed by atoms with E-state index in [0.29, 0.717) is 17.3 Å². The van der Waals surface area contributed by atoms with Gasteiger partial charge in [-0.05, 0) is 32.9 Å². The Morgan fingerprint density at radius 2 is 2.16 bits per heavy atom. The van der Waals surface area contributed by atoms with Crippen LogP contribution in [0.1, 0.15) is 32.8 Å². The van der Waals surface area contributed by atoms with Gasteiger partial charge in [0.15, 0.2) is 5.76 Å². The predicted octanol–water partition coefficient (Wildman–Crippen LogP) is 2.50. The number of nitrogen functional groups attached to an aromatic ring is 1. The average molecular weight is 433 g/mol. The van der Waals surface area contributed by atoms with Gasteiger partial charge in [-0.2, -0.15) is 5.10 Å². The molecule has 1 aliphatic rings. The Labute approximate surface area is 180 Å². The molecule has 3 heterocycles. The van der Waals surface area contributed by atoms with Crippen LogP contribution in [0.25, 0.3) is 5.52 Å². The number of alkyl halides is 1. The fraction of sp³-hybridized carbons (Fsp3) is 0.476. The van der Waals surface area contributed by atoms with Crippen molar-refractivity contribution in [3.63, 3.8) is 0 Å². The zero-order chi connectivity index (χ0) is 22.8. The molecule has 10 heteroatoms. The minimum atomic E-state index is -1.14. The van der Waals surface area contributed by atoms with E-state index in [1.54, 1.807) is 44.6 Å². The summed E-state index contributed by atoms with van der Waals surface area (Å²) in [4.78, 5) is 18.1. The Hall–Kier alpha value is -3.30. The number of hydrogen-bond donors (Lipinski definition) is 2. The third-order valence-corrected chi connectivity index (χ3v) is 4.79. The van der Waals surface area contributed by atoms with Crippen LogP contribution in [0, 0.1) is 0 Å². The lowest BCUT2D eigenvalue weighted by molar-refractivity contribution is 0.0157. The summed E-state index contributed by atoms with van der Waals surface area (Å²) < 4.78 is 27.0. The Bertz CT molecular complexity index is 1010. The van der Waals surface area contributed by atoms with E-state index in [0.717, 1.165) is 11.1 Å². The number of rotatable bonds is 5. The van der Waals surface area contributed by atoms with E-state index in [4.69, 9.17) is 20.9 Å². The summed E-state index contributed by atoms with van der Waals surface area (Å²) in [6.45, 7) is 5.33. The van der Waals surface area contributed by atoms with Crippen molar-refractivity contribution in [3.8, 4) is 0 Å². The van der Waals surface area contributed by atoms with E-state index in [9.17, 15) is 9.18 Å². The molecule has 0 aliphatic carbocycles. The molecule has 168 valence electrons. The number of ether oxygens (including phenoxy) is 2. The number of likely N-dealkylation sites (tertiary alicyclic amines) is 1. The second kappa shape index (κ2) is 8.83. The van der Waals surface area contributed by atoms with Gasteiger partial charge in [0, 0.05) is 37.5 Å². The van der Waals surface area contributed by atoms with Gasteiger partial charge in [-0.25, -0.2) is 13.7 Å². The normalized spacial score (nSPS) is 20.4. The quantitative estimate of drug-likeness (QED) is 0.553. The molecule has 2 atom stereocenters. The number of carbonyl (C=O) groups excluding carboxylic acids is 1. The molecule has 9 nitrogen and oxygen atoms in total. The molecule has 1 fully saturated rings. The van der Waals surface area contributed by atoms with Gasteiger partial charge in [0.2, 0.25) is 0 Å². The standard InChI is InChI=1S/C21H29FN6O3/c1-21(2,3)31-20(29)27-11-14(22)8-16(27)12-30-17(10-23)19(25-4)13-5-6-28-15(7-13)9-18(24)26-28/h5-7,9-10,14,16H,8,11-12,23H2,1-4H3,(H2,24,26)/b17-10+,25-19?/t14-,16-/m1/s1. The Morgan fingerprint density at radius 1 is 1.42 bits per heavy atom. The number of anilines is 1. The first-order valence-electron chi connectivity index (χ1n) is 10.0. The van der Waals surface area contributed by atoms with Crippen LogP contribution >= 0.6 is 0 Å². The van der Waals surface area contributed by atoms with E-state index in [-0.39, 0.29) is 19.6 Å². The predicted molar refractivity (Wildman–Crippen MR) is 117 cm³/mol. The summed E-state index contributed by atoms with van der Waals surface area (Å²) in [5, 5.41) is 4.15. The number of halogens is 1. The first-order chi connectivity index (χ1) is 14.6. The highest BCUT2D eigenvalue weighted by Crippen LogP contribution is 2.25. The molecule has 0 saturated carbocycles. The van der Waals surface area contributed by atoms with Gasteiger partial charge < -0.3 is 20.9 Å². The van der Waals surface area contributed by atoms with Gasteiger partial charge >= 0.3 is 6.09 Å². The van der Waals surface area contributed by atoms with Crippen LogP contribution in [0.4, 0.5) is 15.0 Å². The zero-order valence-corrected chi connectivity index (χ0v) is 18.2. The van der Waals surface area contributed by atoms with Crippen molar-refractivity contribution in [2.24, 2.45) is 10.7 Å². The lowest BCUT2D eigenvalue weighted by Crippen LogP contribution is -2.42. The van der Waals surface area contributed by atoms with Crippen molar-refractivity contribution in [1.29, 1.82) is 0 Å². The fourth-order valence-electron chi connectivity index (χ4n) is 3.49. The molecule has 4 N–H and O–H groups in total. The topological polar surface area (TPSA) is 120 Å². The first-order valence-corrected chi connectivity index (χ1v) is 10.0. The van der Waals surface area contributed by atoms with E-state index >= 15 is 0 Å². The largest absolute Gasteiger partial charge is 0.488 e. The highest BCUT2D eigenvalue weighted by Gasteiger charge is 2.38. The highest BCUT2D eigenvalue weighted by molar-refractivity contribution is 6.11. The van der Waals surface area contributed by atoms with Crippen molar-refractivity contribution in [1.82, 2.24) is 14.5 Å². The maximum atomic E-state index is 14.1. The summed E-state index contributed by atoms with van der Waals surface area (Å²) in [5.41, 5.74) is 13.0. The number of pyridine rings is 1. The summed E-state index contributed by atoms with van der Waals surface area (Å²) >= 11 is 0. The second-order valence-corrected chi connectivity index (χ2v) is 8.39. The van der Waals surface area contributed by atoms with E-state index in [1.807, 2.05) is 12.1 Å². The van der Waals surface area contributed by atoms with Gasteiger partial charge in [-0.1, -0.05) is 0 Å². The van der Waals surface area contributed by atoms with Gasteiger partial charge in [-0.15, -0.1) is 0 Å². The molecule has 0 aromatic carbocycles. The van der Waals surface area contributed by atoms with Crippen molar-refractivity contribution < 1.29 is 18.7 Å². The molecule has 0 spiro atoms. The minimum absolute atomic E-state index is 0.0291. The highest BCUT2D eigenvalue weighted by atomic mass is 19.1. The number of nitrogens with zero attached hydrogens (tertiary/aromatic N) is 4. The number of aliphatic imine (C=N–C) groups is 1. The minimum Gasteiger partial charge on any atom is -0.488 e. The van der Waals surface area contributed by atoms with Crippen LogP contribution in [0.5, 0.6) is 0 Å². The first kappa shape index (κ1) is 22.4. The molecule has 3 rings (SSSR count). The molecule has 1 amide bonds. The van der Waals surface area contributed by atoms with E-state index in [1.165, 1.54) is 11.1 Å². The molecule has 0 bridgehead atoms. The lowest BCUT2D eigenvalue weighted by atomic mass is 10.1. The van der Waals surface area contributed by atoms with Gasteiger partial charge in [0.25, 0.3) is 0 Å². The average Bonchev–Trinajstić information content (AvgIpc) is 3.24.